The first kappa shape index (κ1) is 29.5. The molecule has 2 aromatic heterocycles. The van der Waals surface area contributed by atoms with E-state index in [0.29, 0.717) is 23.4 Å². The zero-order valence-electron chi connectivity index (χ0n) is 23.1. The fourth-order valence-electron chi connectivity index (χ4n) is 6.32. The Morgan fingerprint density at radius 1 is 1.12 bits per heavy atom. The average Bonchev–Trinajstić information content (AvgIpc) is 3.53. The van der Waals surface area contributed by atoms with Gasteiger partial charge in [0.1, 0.15) is 12.7 Å². The molecule has 0 amide bonds. The number of carboxylic acid groups (broad SMARTS) is 1. The molecule has 2 aliphatic carbocycles. The molecule has 0 unspecified atom stereocenters. The second-order valence-electron chi connectivity index (χ2n) is 11.7. The van der Waals surface area contributed by atoms with Gasteiger partial charge in [-0.1, -0.05) is 6.07 Å². The molecule has 2 atom stereocenters. The first-order valence-electron chi connectivity index (χ1n) is 13.9. The number of hydrogen-bond acceptors (Lipinski definition) is 7. The van der Waals surface area contributed by atoms with Crippen molar-refractivity contribution in [2.24, 2.45) is 11.7 Å². The second-order valence-corrected chi connectivity index (χ2v) is 14.8. The Morgan fingerprint density at radius 3 is 2.44 bits per heavy atom. The number of benzene rings is 1. The summed E-state index contributed by atoms with van der Waals surface area (Å²) >= 11 is 0. The van der Waals surface area contributed by atoms with Gasteiger partial charge in [0.2, 0.25) is 5.95 Å². The summed E-state index contributed by atoms with van der Waals surface area (Å²) in [6.07, 6.45) is 4.48. The van der Waals surface area contributed by atoms with Gasteiger partial charge in [-0.2, -0.15) is 13.2 Å². The molecule has 2 fully saturated rings. The van der Waals surface area contributed by atoms with Gasteiger partial charge in [-0.05, 0) is 76.8 Å². The number of hydrogen-bond donors (Lipinski definition) is 5. The highest BCUT2D eigenvalue weighted by Crippen LogP contribution is 2.43. The maximum atomic E-state index is 14.1. The van der Waals surface area contributed by atoms with E-state index >= 15 is 0 Å². The number of alkyl halides is 3. The molecule has 3 aromatic rings. The van der Waals surface area contributed by atoms with E-state index in [2.05, 4.69) is 25.6 Å². The van der Waals surface area contributed by atoms with Crippen LogP contribution in [0.3, 0.4) is 0 Å². The number of rotatable bonds is 8. The zero-order chi connectivity index (χ0) is 29.5. The van der Waals surface area contributed by atoms with E-state index in [0.717, 1.165) is 57.7 Å². The first-order valence-corrected chi connectivity index (χ1v) is 16.6. The maximum Gasteiger partial charge on any atom is 0.419 e. The highest BCUT2D eigenvalue weighted by atomic mass is 31.2. The van der Waals surface area contributed by atoms with Crippen molar-refractivity contribution in [1.29, 1.82) is 0 Å². The molecule has 0 aliphatic heterocycles. The minimum absolute atomic E-state index is 0.0104. The number of aromatic amines is 1. The highest BCUT2D eigenvalue weighted by molar-refractivity contribution is 7.70. The summed E-state index contributed by atoms with van der Waals surface area (Å²) < 4.78 is 55.3. The third-order valence-electron chi connectivity index (χ3n) is 8.36. The van der Waals surface area contributed by atoms with Gasteiger partial charge in [0, 0.05) is 46.8 Å². The van der Waals surface area contributed by atoms with Crippen LogP contribution in [0.5, 0.6) is 0 Å². The van der Waals surface area contributed by atoms with E-state index in [-0.39, 0.29) is 39.6 Å². The van der Waals surface area contributed by atoms with E-state index < -0.39 is 24.9 Å². The quantitative estimate of drug-likeness (QED) is 0.229. The molecule has 1 aromatic carbocycles. The number of carboxylic acids is 1. The van der Waals surface area contributed by atoms with Crippen molar-refractivity contribution in [3.63, 3.8) is 0 Å². The largest absolute Gasteiger partial charge is 0.478 e. The van der Waals surface area contributed by atoms with Crippen LogP contribution < -0.4 is 21.7 Å². The molecule has 5 rings (SSSR count). The van der Waals surface area contributed by atoms with Crippen LogP contribution in [0, 0.1) is 5.92 Å². The van der Waals surface area contributed by atoms with Crippen LogP contribution >= 0.6 is 7.14 Å². The van der Waals surface area contributed by atoms with Crippen LogP contribution in [0.15, 0.2) is 24.5 Å². The van der Waals surface area contributed by atoms with Crippen LogP contribution in [-0.2, 0) is 10.7 Å². The number of carbonyl (C=O) groups is 1. The predicted octanol–water partition coefficient (Wildman–Crippen LogP) is 5.03. The molecule has 2 saturated carbocycles. The molecular formula is C28H36F3N6O3P. The van der Waals surface area contributed by atoms with Crippen molar-refractivity contribution in [3.8, 4) is 11.3 Å². The highest BCUT2D eigenvalue weighted by Gasteiger charge is 2.37. The lowest BCUT2D eigenvalue weighted by atomic mass is 9.86. The summed E-state index contributed by atoms with van der Waals surface area (Å²) in [4.78, 5) is 23.0. The number of fused-ring (bicyclic) bond motifs is 1. The zero-order valence-corrected chi connectivity index (χ0v) is 24.0. The van der Waals surface area contributed by atoms with Crippen LogP contribution in [-0.4, -0.2) is 64.0 Å². The lowest BCUT2D eigenvalue weighted by Crippen LogP contribution is -2.40. The lowest BCUT2D eigenvalue weighted by molar-refractivity contribution is -0.137. The average molecular weight is 593 g/mol. The second kappa shape index (κ2) is 11.4. The number of nitrogens with zero attached hydrogens (tertiary/aromatic N) is 2. The molecule has 2 heterocycles. The Bertz CT molecular complexity index is 1480. The van der Waals surface area contributed by atoms with E-state index in [4.69, 9.17) is 5.73 Å². The Labute approximate surface area is 236 Å². The fraction of sp³-hybridized carbons (Fsp3) is 0.536. The number of anilines is 1. The third kappa shape index (κ3) is 6.29. The van der Waals surface area contributed by atoms with Crippen LogP contribution in [0.4, 0.5) is 19.1 Å². The number of halogens is 3. The lowest BCUT2D eigenvalue weighted by Gasteiger charge is -2.30. The number of aromatic nitrogens is 3. The molecule has 9 nitrogen and oxygen atoms in total. The molecule has 13 heteroatoms. The number of H-pyrrole nitrogens is 1. The van der Waals surface area contributed by atoms with Crippen LogP contribution in [0.2, 0.25) is 0 Å². The van der Waals surface area contributed by atoms with E-state index in [1.807, 2.05) is 0 Å². The van der Waals surface area contributed by atoms with Gasteiger partial charge in [-0.25, -0.2) is 14.8 Å². The van der Waals surface area contributed by atoms with E-state index in [9.17, 15) is 27.6 Å². The Morgan fingerprint density at radius 2 is 1.80 bits per heavy atom. The molecule has 41 heavy (non-hydrogen) atoms. The summed E-state index contributed by atoms with van der Waals surface area (Å²) in [6.45, 7) is 3.59. The summed E-state index contributed by atoms with van der Waals surface area (Å²) in [7, 11) is -3.12. The minimum atomic E-state index is -4.72. The van der Waals surface area contributed by atoms with E-state index in [1.165, 1.54) is 31.7 Å². The van der Waals surface area contributed by atoms with Gasteiger partial charge in [0.05, 0.1) is 16.8 Å². The molecule has 2 aliphatic rings. The molecule has 0 saturated heterocycles. The first-order chi connectivity index (χ1) is 19.3. The van der Waals surface area contributed by atoms with Gasteiger partial charge in [0.15, 0.2) is 0 Å². The third-order valence-corrected chi connectivity index (χ3v) is 9.91. The van der Waals surface area contributed by atoms with Crippen molar-refractivity contribution >= 4 is 35.3 Å². The standard InChI is InChI=1S/C28H36F3N6O3P/c1-41(2,40)25-20(26(38)39)10-9-19-21(13-33-24(19)25)23-22(28(29,30)31)14-34-27(37-23)36-18-8-7-17(11-18)35-16-5-3-15(12-32)4-6-16/h9-10,13-18,33,35H,3-8,11-12,32H2,1-2H3,(H,38,39)(H,34,36,37)/t15?,16?,17-,18-/m0/s1. The monoisotopic (exact) mass is 592 g/mol. The summed E-state index contributed by atoms with van der Waals surface area (Å²) in [5.41, 5.74) is 4.66. The van der Waals surface area contributed by atoms with Gasteiger partial charge in [0.25, 0.3) is 0 Å². The SMILES string of the molecule is CP(C)(=O)c1c(C(=O)O)ccc2c(-c3nc(N[C@H]4CC[C@H](NC5CCC(CN)CC5)C4)ncc3C(F)(F)F)c[nH]c12. The molecule has 222 valence electrons. The van der Waals surface area contributed by atoms with Crippen molar-refractivity contribution < 1.29 is 27.6 Å². The Hall–Kier alpha value is -2.95. The topological polar surface area (TPSA) is 146 Å². The molecule has 0 radical (unpaired) electrons. The normalized spacial score (nSPS) is 23.7. The fourth-order valence-corrected chi connectivity index (χ4v) is 7.79. The van der Waals surface area contributed by atoms with Gasteiger partial charge in [-0.3, -0.25) is 0 Å². The molecule has 6 N–H and O–H groups in total. The van der Waals surface area contributed by atoms with E-state index in [1.54, 1.807) is 0 Å². The summed E-state index contributed by atoms with van der Waals surface area (Å²) in [5, 5.41) is 17.0. The number of nitrogens with two attached hydrogens (primary N) is 1. The molecular weight excluding hydrogens is 556 g/mol. The Kier molecular flexibility index (Phi) is 8.20. The van der Waals surface area contributed by atoms with Gasteiger partial charge in [-0.15, -0.1) is 0 Å². The van der Waals surface area contributed by atoms with Crippen molar-refractivity contribution in [2.75, 3.05) is 25.2 Å². The molecule has 0 spiro atoms. The predicted molar refractivity (Wildman–Crippen MR) is 153 cm³/mol. The number of aromatic carboxylic acids is 1. The van der Waals surface area contributed by atoms with Gasteiger partial charge < -0.3 is 31.0 Å². The summed E-state index contributed by atoms with van der Waals surface area (Å²) in [6, 6.07) is 3.49. The number of nitrogens with one attached hydrogen (secondary N) is 3. The maximum absolute atomic E-state index is 14.1. The van der Waals surface area contributed by atoms with Crippen molar-refractivity contribution in [2.45, 2.75) is 69.2 Å². The van der Waals surface area contributed by atoms with Crippen LogP contribution in [0.25, 0.3) is 22.2 Å². The minimum Gasteiger partial charge on any atom is -0.478 e. The smallest absolute Gasteiger partial charge is 0.419 e. The van der Waals surface area contributed by atoms with Crippen molar-refractivity contribution in [3.05, 3.63) is 35.7 Å². The molecule has 0 bridgehead atoms. The van der Waals surface area contributed by atoms with Gasteiger partial charge >= 0.3 is 12.1 Å². The van der Waals surface area contributed by atoms with Crippen molar-refractivity contribution in [1.82, 2.24) is 20.3 Å². The van der Waals surface area contributed by atoms with Crippen LogP contribution in [0.1, 0.15) is 60.9 Å². The Balaban J connectivity index is 1.41. The summed E-state index contributed by atoms with van der Waals surface area (Å²) in [5.74, 6) is -0.567.